The van der Waals surface area contributed by atoms with Gasteiger partial charge < -0.3 is 10.2 Å². The fourth-order valence-corrected chi connectivity index (χ4v) is 0.614. The van der Waals surface area contributed by atoms with E-state index < -0.39 is 0 Å². The summed E-state index contributed by atoms with van der Waals surface area (Å²) in [6, 6.07) is 0.0312. The van der Waals surface area contributed by atoms with Crippen molar-refractivity contribution in [2.24, 2.45) is 5.73 Å². The summed E-state index contributed by atoms with van der Waals surface area (Å²) in [6.07, 6.45) is 3.87. The number of hydrogen-bond acceptors (Lipinski definition) is 3. The summed E-state index contributed by atoms with van der Waals surface area (Å²) in [5.41, 5.74) is 6.45. The molecule has 2 N–H and O–H groups in total. The van der Waals surface area contributed by atoms with E-state index in [0.29, 0.717) is 0 Å². The zero-order valence-corrected chi connectivity index (χ0v) is 6.60. The Bertz CT molecular complexity index is 164. The highest BCUT2D eigenvalue weighted by atomic mass is 35.5. The van der Waals surface area contributed by atoms with E-state index in [2.05, 4.69) is 4.98 Å². The molecule has 0 fully saturated rings. The lowest BCUT2D eigenvalue weighted by Gasteiger charge is -2.00. The number of nitrogens with two attached hydrogens (primary N) is 1. The molecule has 1 aromatic heterocycles. The van der Waals surface area contributed by atoms with Gasteiger partial charge in [-0.15, -0.1) is 12.4 Å². The van der Waals surface area contributed by atoms with E-state index >= 15 is 0 Å². The summed E-state index contributed by atoms with van der Waals surface area (Å²) in [5, 5.41) is 0. The first kappa shape index (κ1) is 9.46. The smallest absolute Gasteiger partial charge is 0.180 e. The van der Waals surface area contributed by atoms with Crippen molar-refractivity contribution in [1.82, 2.24) is 4.98 Å². The van der Waals surface area contributed by atoms with Crippen molar-refractivity contribution in [3.63, 3.8) is 0 Å². The van der Waals surface area contributed by atoms with Crippen LogP contribution in [0, 0.1) is 0 Å². The molecular weight excluding hydrogens is 152 g/mol. The van der Waals surface area contributed by atoms with E-state index in [0.717, 1.165) is 12.1 Å². The molecule has 1 heterocycles. The first-order chi connectivity index (χ1) is 4.34. The van der Waals surface area contributed by atoms with E-state index in [-0.39, 0.29) is 18.4 Å². The van der Waals surface area contributed by atoms with E-state index in [1.165, 1.54) is 6.39 Å². The normalized spacial score (nSPS) is 12.2. The van der Waals surface area contributed by atoms with Crippen LogP contribution < -0.4 is 5.73 Å². The van der Waals surface area contributed by atoms with E-state index in [4.69, 9.17) is 10.2 Å². The lowest BCUT2D eigenvalue weighted by molar-refractivity contribution is 0.553. The third-order valence-corrected chi connectivity index (χ3v) is 1.27. The third-order valence-electron chi connectivity index (χ3n) is 1.27. The second-order valence-corrected chi connectivity index (χ2v) is 1.93. The number of halogens is 1. The largest absolute Gasteiger partial charge is 0.451 e. The Morgan fingerprint density at radius 2 is 2.50 bits per heavy atom. The summed E-state index contributed by atoms with van der Waals surface area (Å²) in [5.74, 6) is 0. The highest BCUT2D eigenvalue weighted by molar-refractivity contribution is 5.85. The zero-order valence-electron chi connectivity index (χ0n) is 5.78. The predicted octanol–water partition coefficient (Wildman–Crippen LogP) is 1.51. The molecule has 0 bridgehead atoms. The van der Waals surface area contributed by atoms with Gasteiger partial charge in [0, 0.05) is 6.04 Å². The monoisotopic (exact) mass is 162 g/mol. The molecule has 1 aromatic rings. The van der Waals surface area contributed by atoms with Crippen LogP contribution in [0.15, 0.2) is 17.1 Å². The maximum atomic E-state index is 5.62. The Morgan fingerprint density at radius 1 is 1.80 bits per heavy atom. The van der Waals surface area contributed by atoms with Crippen LogP contribution in [0.2, 0.25) is 0 Å². The highest BCUT2D eigenvalue weighted by Gasteiger charge is 2.03. The molecule has 0 aliphatic heterocycles. The number of aromatic nitrogens is 1. The van der Waals surface area contributed by atoms with Crippen molar-refractivity contribution in [3.8, 4) is 0 Å². The predicted molar refractivity (Wildman–Crippen MR) is 41.0 cm³/mol. The Kier molecular flexibility index (Phi) is 4.07. The SMILES string of the molecule is CCC(N)c1cocn1.Cl. The fraction of sp³-hybridized carbons (Fsp3) is 0.500. The Hall–Kier alpha value is -0.540. The maximum Gasteiger partial charge on any atom is 0.180 e. The number of nitrogens with zero attached hydrogens (tertiary/aromatic N) is 1. The summed E-state index contributed by atoms with van der Waals surface area (Å²) in [4.78, 5) is 3.90. The van der Waals surface area contributed by atoms with Gasteiger partial charge in [-0.25, -0.2) is 4.98 Å². The van der Waals surface area contributed by atoms with Gasteiger partial charge in [-0.1, -0.05) is 6.92 Å². The second kappa shape index (κ2) is 4.30. The van der Waals surface area contributed by atoms with Gasteiger partial charge in [0.15, 0.2) is 6.39 Å². The molecule has 4 heteroatoms. The molecule has 0 radical (unpaired) electrons. The van der Waals surface area contributed by atoms with Crippen molar-refractivity contribution in [2.45, 2.75) is 19.4 Å². The molecule has 0 aliphatic carbocycles. The van der Waals surface area contributed by atoms with Crippen LogP contribution in [-0.2, 0) is 0 Å². The molecular formula is C6H11ClN2O. The molecule has 1 atom stereocenters. The van der Waals surface area contributed by atoms with Crippen molar-refractivity contribution in [2.75, 3.05) is 0 Å². The minimum absolute atomic E-state index is 0. The van der Waals surface area contributed by atoms with Gasteiger partial charge >= 0.3 is 0 Å². The van der Waals surface area contributed by atoms with Crippen molar-refractivity contribution in [3.05, 3.63) is 18.4 Å². The second-order valence-electron chi connectivity index (χ2n) is 1.93. The van der Waals surface area contributed by atoms with E-state index in [1.54, 1.807) is 6.26 Å². The summed E-state index contributed by atoms with van der Waals surface area (Å²) >= 11 is 0. The number of rotatable bonds is 2. The summed E-state index contributed by atoms with van der Waals surface area (Å²) in [6.45, 7) is 2.01. The molecule has 0 aromatic carbocycles. The molecule has 10 heavy (non-hydrogen) atoms. The van der Waals surface area contributed by atoms with E-state index in [9.17, 15) is 0 Å². The van der Waals surface area contributed by atoms with E-state index in [1.807, 2.05) is 6.92 Å². The van der Waals surface area contributed by atoms with Crippen LogP contribution in [0.3, 0.4) is 0 Å². The lowest BCUT2D eigenvalue weighted by atomic mass is 10.2. The minimum atomic E-state index is 0. The first-order valence-electron chi connectivity index (χ1n) is 2.98. The van der Waals surface area contributed by atoms with Gasteiger partial charge in [-0.3, -0.25) is 0 Å². The highest BCUT2D eigenvalue weighted by Crippen LogP contribution is 2.08. The number of oxazole rings is 1. The van der Waals surface area contributed by atoms with Gasteiger partial charge in [0.2, 0.25) is 0 Å². The van der Waals surface area contributed by atoms with Crippen molar-refractivity contribution < 1.29 is 4.42 Å². The fourth-order valence-electron chi connectivity index (χ4n) is 0.614. The van der Waals surface area contributed by atoms with Crippen molar-refractivity contribution >= 4 is 12.4 Å². The Labute approximate surface area is 66.0 Å². The molecule has 0 aliphatic rings. The van der Waals surface area contributed by atoms with Gasteiger partial charge in [0.05, 0.1) is 5.69 Å². The quantitative estimate of drug-likeness (QED) is 0.717. The van der Waals surface area contributed by atoms with Gasteiger partial charge in [-0.05, 0) is 6.42 Å². The van der Waals surface area contributed by atoms with Crippen LogP contribution in [-0.4, -0.2) is 4.98 Å². The van der Waals surface area contributed by atoms with Crippen LogP contribution in [0.4, 0.5) is 0 Å². The van der Waals surface area contributed by atoms with Gasteiger partial charge in [0.25, 0.3) is 0 Å². The molecule has 0 saturated carbocycles. The van der Waals surface area contributed by atoms with Gasteiger partial charge in [-0.2, -0.15) is 0 Å². The van der Waals surface area contributed by atoms with Crippen molar-refractivity contribution in [1.29, 1.82) is 0 Å². The number of hydrogen-bond donors (Lipinski definition) is 1. The Morgan fingerprint density at radius 3 is 2.90 bits per heavy atom. The average molecular weight is 163 g/mol. The summed E-state index contributed by atoms with van der Waals surface area (Å²) in [7, 11) is 0. The zero-order chi connectivity index (χ0) is 6.69. The topological polar surface area (TPSA) is 52.0 Å². The van der Waals surface area contributed by atoms with Crippen LogP contribution in [0.1, 0.15) is 25.1 Å². The molecule has 1 rings (SSSR count). The van der Waals surface area contributed by atoms with Crippen LogP contribution >= 0.6 is 12.4 Å². The third kappa shape index (κ3) is 2.01. The maximum absolute atomic E-state index is 5.62. The Balaban J connectivity index is 0.000000810. The molecule has 0 amide bonds. The first-order valence-corrected chi connectivity index (χ1v) is 2.98. The summed E-state index contributed by atoms with van der Waals surface area (Å²) < 4.78 is 4.75. The standard InChI is InChI=1S/C6H10N2O.ClH/c1-2-5(7)6-3-9-4-8-6;/h3-5H,2,7H2,1H3;1H. The molecule has 0 saturated heterocycles. The van der Waals surface area contributed by atoms with Gasteiger partial charge in [0.1, 0.15) is 6.26 Å². The molecule has 58 valence electrons. The lowest BCUT2D eigenvalue weighted by Crippen LogP contribution is -2.08. The van der Waals surface area contributed by atoms with Crippen LogP contribution in [0.25, 0.3) is 0 Å². The average Bonchev–Trinajstić information content (AvgIpc) is 2.37. The minimum Gasteiger partial charge on any atom is -0.451 e. The van der Waals surface area contributed by atoms with Crippen LogP contribution in [0.5, 0.6) is 0 Å². The molecule has 3 nitrogen and oxygen atoms in total. The molecule has 0 spiro atoms. The molecule has 1 unspecified atom stereocenters.